The third kappa shape index (κ3) is 117. The summed E-state index contributed by atoms with van der Waals surface area (Å²) < 4.78 is 28.7. The van der Waals surface area contributed by atoms with Crippen molar-refractivity contribution >= 4 is 226 Å². The molecule has 2 rings (SSSR count). The second-order valence-electron chi connectivity index (χ2n) is 31.2. The Morgan fingerprint density at radius 2 is 0.463 bits per heavy atom. The van der Waals surface area contributed by atoms with Gasteiger partial charge >= 0.3 is 73.5 Å². The van der Waals surface area contributed by atoms with Crippen molar-refractivity contribution in [1.82, 2.24) is 10.1 Å². The van der Waals surface area contributed by atoms with Crippen LogP contribution in [0.1, 0.15) is 477 Å². The number of imide groups is 2. The molecule has 0 bridgehead atoms. The predicted molar refractivity (Wildman–Crippen MR) is 540 cm³/mol. The molecule has 4 N–H and O–H groups in total. The third-order valence-corrected chi connectivity index (χ3v) is 26.3. The summed E-state index contributed by atoms with van der Waals surface area (Å²) in [5.74, 6) is 0.569. The molecule has 0 aromatic heterocycles. The number of nitrogens with one attached hydrogen (secondary N) is 1. The summed E-state index contributed by atoms with van der Waals surface area (Å²) in [6.45, 7) is 0. The molecule has 31 heteroatoms. The van der Waals surface area contributed by atoms with Crippen LogP contribution in [-0.2, 0) is 85.7 Å². The standard InChI is InChI=1S/C40H68N2O8S2.C32H62O4S2.C16H31BrO2.C2H2.I2.HNS.2Na.O2S2/c43-35-29-30-36(44)41(35)49-39(47)27-23-19-15-11-7-3-1-5-9-13-17-21-25-33-51-52-34-26-22-18-14-10-6-2-4-8-12-16-20-24-28-40(48)50-42-37(45)31-32-38(42)46;33-31(34)27-23-19-15-11-7-3-1-5-9-13-17-21-25-29-37-38-30-26-22-18-14-10-6-2-4-8-12-16-20-24-28-32(35)36;17-15-13-11-9-7-5-3-1-2-4-6-8-10-12-14-16(18)19;3*1-2;;;1-4(2)3/h1-34H2;1-30H2,(H,33,34)(H,35,36);1-15H2,(H,18,19);1-2H;;1H;;;/i;;;1D;;;;;. The number of terminal acetylenes is 1. The maximum atomic E-state index is 11.8. The molecule has 0 saturated carbocycles. The summed E-state index contributed by atoms with van der Waals surface area (Å²) in [5, 5.41) is 28.2. The zero-order valence-corrected chi connectivity index (χ0v) is 91.1. The van der Waals surface area contributed by atoms with E-state index in [0.717, 1.165) is 82.4 Å². The van der Waals surface area contributed by atoms with E-state index in [1.165, 1.54) is 413 Å². The van der Waals surface area contributed by atoms with Gasteiger partial charge in [-0.05, 0) is 64.2 Å². The van der Waals surface area contributed by atoms with Gasteiger partial charge < -0.3 is 25.0 Å². The molecule has 0 aliphatic carbocycles. The molecule has 121 heavy (non-hydrogen) atoms. The van der Waals surface area contributed by atoms with E-state index in [9.17, 15) is 43.2 Å². The zero-order chi connectivity index (χ0) is 91.7. The molecule has 2 saturated heterocycles. The number of hydrogen-bond acceptors (Lipinski definition) is 20. The first-order valence-corrected chi connectivity index (χ1v) is 70.0. The number of carbonyl (C=O) groups is 9. The van der Waals surface area contributed by atoms with Crippen molar-refractivity contribution < 1.29 is 77.9 Å². The van der Waals surface area contributed by atoms with Gasteiger partial charge in [0.1, 0.15) is 1.37 Å². The molecular weight excluding hydrogens is 1980 g/mol. The third-order valence-electron chi connectivity index (χ3n) is 20.5. The molecule has 0 spiro atoms. The van der Waals surface area contributed by atoms with E-state index in [0.29, 0.717) is 29.4 Å². The van der Waals surface area contributed by atoms with Crippen LogP contribution >= 0.6 is 96.3 Å². The molecule has 0 atom stereocenters. The molecule has 4 amide bonds. The van der Waals surface area contributed by atoms with Crippen molar-refractivity contribution in [2.24, 2.45) is 0 Å². The number of rotatable bonds is 83. The number of carboxylic acids is 3. The number of amides is 4. The number of aliphatic carboxylic acids is 3. The number of halogens is 3. The van der Waals surface area contributed by atoms with Gasteiger partial charge in [-0.15, -0.1) is 22.9 Å². The van der Waals surface area contributed by atoms with Crippen LogP contribution in [0.2, 0.25) is 0 Å². The number of alkyl halides is 1. The molecule has 0 radical (unpaired) electrons. The van der Waals surface area contributed by atoms with Crippen LogP contribution in [0.5, 0.6) is 0 Å². The molecular formula is C90H164BrI2N3Na2O16S7. The van der Waals surface area contributed by atoms with Crippen LogP contribution in [0.15, 0.2) is 0 Å². The molecule has 2 heterocycles. The van der Waals surface area contributed by atoms with E-state index in [-0.39, 0.29) is 38.5 Å². The summed E-state index contributed by atoms with van der Waals surface area (Å²) >= 11 is 17.5. The zero-order valence-electron chi connectivity index (χ0n) is 76.5. The fourth-order valence-electron chi connectivity index (χ4n) is 13.7. The Morgan fingerprint density at radius 1 is 0.339 bits per heavy atom. The molecule has 0 unspecified atom stereocenters. The summed E-state index contributed by atoms with van der Waals surface area (Å²) in [5.41, 5.74) is 0. The van der Waals surface area contributed by atoms with Crippen LogP contribution < -0.4 is 0 Å². The minimum atomic E-state index is -2.28. The summed E-state index contributed by atoms with van der Waals surface area (Å²) in [6.07, 6.45) is 90.3. The number of hydroxylamine groups is 4. The predicted octanol–water partition coefficient (Wildman–Crippen LogP) is 28.8. The molecule has 2 aliphatic heterocycles. The molecule has 0 aromatic rings. The van der Waals surface area contributed by atoms with E-state index in [2.05, 4.69) is 126 Å². The average molecular weight is 2150 g/mol. The van der Waals surface area contributed by atoms with Gasteiger partial charge in [-0.1, -0.05) is 412 Å². The number of nitrogens with zero attached hydrogens (tertiary/aromatic N) is 2. The number of carbonyl (C=O) groups excluding carboxylic acids is 6. The SMILES string of the molecule is II.N=S.O=C(CCCCCCCCCCCCCCCSSCCCCCCCCCCCCCCCC(=O)ON1C(=O)CCC1=O)ON1C(=O)CCC1=O.O=C(O)CCCCCCCCCCCCCCCBr.O=C(O)CCCCCCCCCCCCCCCSSCCCCCCCCCCCCCCCC(=O)O.O=S(=O)=S.[2H]C#C.[Na][Na]. The van der Waals surface area contributed by atoms with Gasteiger partial charge in [0.15, 0.2) is 0 Å². The topological polar surface area (TPSA) is 297 Å². The van der Waals surface area contributed by atoms with Crippen molar-refractivity contribution in [2.75, 3.05) is 28.3 Å². The quantitative estimate of drug-likeness (QED) is 0.00836. The van der Waals surface area contributed by atoms with Gasteiger partial charge in [0, 0.05) is 136 Å². The van der Waals surface area contributed by atoms with Crippen molar-refractivity contribution in [3.05, 3.63) is 0 Å². The van der Waals surface area contributed by atoms with E-state index >= 15 is 0 Å². The van der Waals surface area contributed by atoms with Crippen LogP contribution in [-0.4, -0.2) is 159 Å². The fraction of sp³-hybridized carbons (Fsp3) is 0.878. The van der Waals surface area contributed by atoms with Crippen LogP contribution in [0.25, 0.3) is 0 Å². The Balaban J connectivity index is -0.000000417. The molecule has 19 nitrogen and oxygen atoms in total. The van der Waals surface area contributed by atoms with Crippen LogP contribution in [0, 0.1) is 17.6 Å². The van der Waals surface area contributed by atoms with Gasteiger partial charge in [0.25, 0.3) is 32.9 Å². The minimum absolute atomic E-state index is 0.132. The Hall–Kier alpha value is 0.590. The first kappa shape index (κ1) is 130. The van der Waals surface area contributed by atoms with Crippen LogP contribution in [0.4, 0.5) is 0 Å². The van der Waals surface area contributed by atoms with Crippen molar-refractivity contribution in [3.63, 3.8) is 0 Å². The molecule has 2 fully saturated rings. The molecule has 2 aliphatic rings. The van der Waals surface area contributed by atoms with Crippen molar-refractivity contribution in [3.8, 4) is 12.8 Å². The van der Waals surface area contributed by atoms with E-state index in [1.54, 1.807) is 0 Å². The van der Waals surface area contributed by atoms with E-state index < -0.39 is 62.7 Å². The van der Waals surface area contributed by atoms with Gasteiger partial charge in [0.05, 0.1) is 11.2 Å². The molecule has 0 aromatic carbocycles. The Kier molecular flexibility index (Phi) is 125. The summed E-state index contributed by atoms with van der Waals surface area (Å²) in [4.78, 5) is 111. The van der Waals surface area contributed by atoms with E-state index in [4.69, 9.17) is 39.6 Å². The van der Waals surface area contributed by atoms with Crippen molar-refractivity contribution in [1.29, 1.82) is 4.78 Å². The van der Waals surface area contributed by atoms with Gasteiger partial charge in [-0.2, -0.15) is 8.42 Å². The maximum absolute atomic E-state index is 11.8. The van der Waals surface area contributed by atoms with Crippen molar-refractivity contribution in [2.45, 2.75) is 475 Å². The number of hydrogen-bond donors (Lipinski definition) is 4. The van der Waals surface area contributed by atoms with Crippen LogP contribution in [0.3, 0.4) is 0 Å². The summed E-state index contributed by atoms with van der Waals surface area (Å²) in [7, 11) is 6.02. The number of carboxylic acid groups (broad SMARTS) is 3. The Morgan fingerprint density at radius 3 is 0.603 bits per heavy atom. The summed E-state index contributed by atoms with van der Waals surface area (Å²) in [6, 6.07) is 0. The number of unbranched alkanes of at least 4 members (excludes halogenated alkanes) is 60. The Bertz CT molecular complexity index is 2390. The first-order valence-electron chi connectivity index (χ1n) is 47.7. The van der Waals surface area contributed by atoms with Gasteiger partial charge in [0.2, 0.25) is 0 Å². The van der Waals surface area contributed by atoms with Gasteiger partial charge in [-0.3, -0.25) is 33.6 Å². The van der Waals surface area contributed by atoms with Gasteiger partial charge in [-0.25, -0.2) is 14.4 Å². The normalized spacial score (nSPS) is 11.9. The second-order valence-corrected chi connectivity index (χ2v) is 38.6. The average Bonchev–Trinajstić information content (AvgIpc) is 1.74. The Labute approximate surface area is 825 Å². The second kappa shape index (κ2) is 117. The first-order chi connectivity index (χ1) is 59.4. The fourth-order valence-corrected chi connectivity index (χ4v) is 18.7. The van der Waals surface area contributed by atoms with E-state index in [1.807, 2.05) is 0 Å². The molecule has 700 valence electrons. The monoisotopic (exact) mass is 2150 g/mol.